The molecule has 0 bridgehead atoms. The van der Waals surface area contributed by atoms with E-state index in [1.807, 2.05) is 19.9 Å². The molecule has 9 nitrogen and oxygen atoms in total. The van der Waals surface area contributed by atoms with Crippen molar-refractivity contribution < 1.29 is 33.6 Å². The first-order valence-electron chi connectivity index (χ1n) is 12.6. The monoisotopic (exact) mass is 529 g/mol. The summed E-state index contributed by atoms with van der Waals surface area (Å²) in [6.07, 6.45) is -0.641. The Morgan fingerprint density at radius 3 is 2.08 bits per heavy atom. The molecule has 2 rings (SSSR count). The van der Waals surface area contributed by atoms with E-state index in [0.29, 0.717) is 5.56 Å². The highest BCUT2D eigenvalue weighted by Gasteiger charge is 2.33. The third kappa shape index (κ3) is 10.5. The van der Waals surface area contributed by atoms with Crippen LogP contribution in [0.15, 0.2) is 54.6 Å². The summed E-state index contributed by atoms with van der Waals surface area (Å²) in [5, 5.41) is 27.1. The second-order valence-electron chi connectivity index (χ2n) is 9.98. The first-order valence-corrected chi connectivity index (χ1v) is 12.6. The van der Waals surface area contributed by atoms with Crippen LogP contribution in [0.3, 0.4) is 0 Å². The van der Waals surface area contributed by atoms with Gasteiger partial charge in [0.15, 0.2) is 0 Å². The van der Waals surface area contributed by atoms with E-state index in [-0.39, 0.29) is 31.3 Å². The van der Waals surface area contributed by atoms with Crippen molar-refractivity contribution in [2.75, 3.05) is 0 Å². The molecule has 0 heterocycles. The normalized spacial score (nSPS) is 13.4. The Labute approximate surface area is 223 Å². The number of benzene rings is 2. The predicted octanol–water partition coefficient (Wildman–Crippen LogP) is 2.35. The lowest BCUT2D eigenvalue weighted by Crippen LogP contribution is -2.58. The Morgan fingerprint density at radius 1 is 0.868 bits per heavy atom. The molecule has 0 unspecified atom stereocenters. The summed E-state index contributed by atoms with van der Waals surface area (Å²) in [4.78, 5) is 38.9. The molecular formula is C27H37BFN3O6. The van der Waals surface area contributed by atoms with Crippen LogP contribution in [0.2, 0.25) is 0 Å². The summed E-state index contributed by atoms with van der Waals surface area (Å²) in [5.41, 5.74) is 1.22. The van der Waals surface area contributed by atoms with Crippen molar-refractivity contribution in [2.24, 2.45) is 11.8 Å². The number of halogens is 1. The number of rotatable bonds is 13. The summed E-state index contributed by atoms with van der Waals surface area (Å²) in [6, 6.07) is 12.5. The molecule has 2 aromatic carbocycles. The van der Waals surface area contributed by atoms with E-state index in [0.717, 1.165) is 5.56 Å². The topological polar surface area (TPSA) is 137 Å². The van der Waals surface area contributed by atoms with Gasteiger partial charge in [0.25, 0.3) is 0 Å². The van der Waals surface area contributed by atoms with Crippen molar-refractivity contribution in [3.05, 3.63) is 71.5 Å². The second kappa shape index (κ2) is 15.1. The van der Waals surface area contributed by atoms with E-state index < -0.39 is 48.9 Å². The SMILES string of the molecule is CC(C)C[C@H](NC(=O)[C@H](Cc1cccc(F)c1)NC(=O)OCc1ccccc1)C(=O)N[C@H](B(O)O)C(C)C. The molecule has 38 heavy (non-hydrogen) atoms. The molecule has 3 amide bonds. The van der Waals surface area contributed by atoms with Crippen molar-refractivity contribution in [2.45, 2.75) is 65.2 Å². The van der Waals surface area contributed by atoms with E-state index in [2.05, 4.69) is 16.0 Å². The van der Waals surface area contributed by atoms with Gasteiger partial charge >= 0.3 is 13.2 Å². The summed E-state index contributed by atoms with van der Waals surface area (Å²) < 4.78 is 19.0. The van der Waals surface area contributed by atoms with Crippen LogP contribution in [0.25, 0.3) is 0 Å². The van der Waals surface area contributed by atoms with E-state index in [1.54, 1.807) is 44.2 Å². The van der Waals surface area contributed by atoms with Crippen LogP contribution in [0.5, 0.6) is 0 Å². The summed E-state index contributed by atoms with van der Waals surface area (Å²) in [6.45, 7) is 7.17. The minimum atomic E-state index is -1.78. The molecule has 2 aromatic rings. The van der Waals surface area contributed by atoms with Crippen molar-refractivity contribution in [3.63, 3.8) is 0 Å². The maximum absolute atomic E-state index is 13.8. The summed E-state index contributed by atoms with van der Waals surface area (Å²) in [7, 11) is -1.78. The quantitative estimate of drug-likeness (QED) is 0.253. The number of ether oxygens (including phenoxy) is 1. The second-order valence-corrected chi connectivity index (χ2v) is 9.98. The van der Waals surface area contributed by atoms with Crippen molar-refractivity contribution in [1.82, 2.24) is 16.0 Å². The number of carbonyl (C=O) groups excluding carboxylic acids is 3. The average molecular weight is 529 g/mol. The molecule has 11 heteroatoms. The van der Waals surface area contributed by atoms with Crippen LogP contribution >= 0.6 is 0 Å². The molecule has 5 N–H and O–H groups in total. The Bertz CT molecular complexity index is 1050. The molecule has 0 saturated heterocycles. The Kier molecular flexibility index (Phi) is 12.2. The standard InChI is InChI=1S/C27H37BFN3O6/c1-17(2)13-22(26(34)32-24(18(3)4)28(36)37)30-25(33)23(15-20-11-8-12-21(29)14-20)31-27(35)38-16-19-9-6-5-7-10-19/h5-12,14,17-18,22-24,36-37H,13,15-16H2,1-4H3,(H,30,33)(H,31,35)(H,32,34)/t22-,23-,24-/m0/s1. The first-order chi connectivity index (χ1) is 18.0. The fourth-order valence-electron chi connectivity index (χ4n) is 3.84. The lowest BCUT2D eigenvalue weighted by atomic mass is 9.73. The van der Waals surface area contributed by atoms with Gasteiger partial charge in [-0.05, 0) is 41.5 Å². The zero-order chi connectivity index (χ0) is 28.2. The van der Waals surface area contributed by atoms with Gasteiger partial charge in [-0.1, -0.05) is 70.2 Å². The van der Waals surface area contributed by atoms with Crippen molar-refractivity contribution in [3.8, 4) is 0 Å². The Morgan fingerprint density at radius 2 is 1.50 bits per heavy atom. The molecule has 206 valence electrons. The molecule has 0 spiro atoms. The van der Waals surface area contributed by atoms with Crippen LogP contribution in [-0.4, -0.2) is 53.1 Å². The van der Waals surface area contributed by atoms with Gasteiger partial charge in [-0.25, -0.2) is 9.18 Å². The fourth-order valence-corrected chi connectivity index (χ4v) is 3.84. The van der Waals surface area contributed by atoms with Crippen LogP contribution in [0.1, 0.15) is 45.2 Å². The number of amides is 3. The zero-order valence-electron chi connectivity index (χ0n) is 22.2. The lowest BCUT2D eigenvalue weighted by molar-refractivity contribution is -0.130. The van der Waals surface area contributed by atoms with Crippen molar-refractivity contribution >= 4 is 25.0 Å². The van der Waals surface area contributed by atoms with Gasteiger partial charge < -0.3 is 30.7 Å². The molecular weight excluding hydrogens is 492 g/mol. The van der Waals surface area contributed by atoms with Gasteiger partial charge in [0.05, 0.1) is 5.94 Å². The molecule has 0 radical (unpaired) electrons. The summed E-state index contributed by atoms with van der Waals surface area (Å²) >= 11 is 0. The number of alkyl carbamates (subject to hydrolysis) is 1. The highest BCUT2D eigenvalue weighted by Crippen LogP contribution is 2.11. The van der Waals surface area contributed by atoms with E-state index in [9.17, 15) is 28.8 Å². The Balaban J connectivity index is 2.19. The van der Waals surface area contributed by atoms with Gasteiger partial charge in [0, 0.05) is 6.42 Å². The van der Waals surface area contributed by atoms with Crippen LogP contribution in [0, 0.1) is 17.7 Å². The molecule has 0 aliphatic heterocycles. The zero-order valence-corrected chi connectivity index (χ0v) is 22.2. The maximum atomic E-state index is 13.8. The van der Waals surface area contributed by atoms with E-state index in [4.69, 9.17) is 4.74 Å². The lowest BCUT2D eigenvalue weighted by Gasteiger charge is -2.27. The number of hydrogen-bond donors (Lipinski definition) is 5. The number of carbonyl (C=O) groups is 3. The minimum absolute atomic E-state index is 0.00747. The van der Waals surface area contributed by atoms with Crippen LogP contribution in [0.4, 0.5) is 9.18 Å². The molecule has 0 aromatic heterocycles. The van der Waals surface area contributed by atoms with Gasteiger partial charge in [0.2, 0.25) is 11.8 Å². The van der Waals surface area contributed by atoms with Crippen molar-refractivity contribution in [1.29, 1.82) is 0 Å². The smallest absolute Gasteiger partial charge is 0.445 e. The van der Waals surface area contributed by atoms with E-state index in [1.165, 1.54) is 18.2 Å². The number of nitrogens with one attached hydrogen (secondary N) is 3. The molecule has 0 aliphatic carbocycles. The van der Waals surface area contributed by atoms with Gasteiger partial charge in [-0.15, -0.1) is 0 Å². The highest BCUT2D eigenvalue weighted by molar-refractivity contribution is 6.43. The third-order valence-electron chi connectivity index (χ3n) is 5.84. The number of hydrogen-bond acceptors (Lipinski definition) is 6. The molecule has 0 fully saturated rings. The fraction of sp³-hybridized carbons (Fsp3) is 0.444. The van der Waals surface area contributed by atoms with Crippen LogP contribution in [-0.2, 0) is 27.4 Å². The van der Waals surface area contributed by atoms with Gasteiger partial charge in [-0.2, -0.15) is 0 Å². The Hall–Kier alpha value is -3.44. The largest absolute Gasteiger partial charge is 0.475 e. The van der Waals surface area contributed by atoms with Gasteiger partial charge in [-0.3, -0.25) is 9.59 Å². The van der Waals surface area contributed by atoms with Gasteiger partial charge in [0.1, 0.15) is 24.5 Å². The highest BCUT2D eigenvalue weighted by atomic mass is 19.1. The minimum Gasteiger partial charge on any atom is -0.445 e. The molecule has 0 aliphatic rings. The first kappa shape index (κ1) is 30.8. The average Bonchev–Trinajstić information content (AvgIpc) is 2.85. The maximum Gasteiger partial charge on any atom is 0.475 e. The molecule has 0 saturated carbocycles. The van der Waals surface area contributed by atoms with Crippen LogP contribution < -0.4 is 16.0 Å². The summed E-state index contributed by atoms with van der Waals surface area (Å²) in [5.74, 6) is -2.97. The van der Waals surface area contributed by atoms with E-state index >= 15 is 0 Å². The molecule has 3 atom stereocenters. The predicted molar refractivity (Wildman–Crippen MR) is 142 cm³/mol. The third-order valence-corrected chi connectivity index (χ3v) is 5.84.